The summed E-state index contributed by atoms with van der Waals surface area (Å²) >= 11 is 0. The first-order valence-electron chi connectivity index (χ1n) is 11.2. The van der Waals surface area contributed by atoms with Gasteiger partial charge in [-0.1, -0.05) is 96.8 Å². The van der Waals surface area contributed by atoms with Gasteiger partial charge in [-0.25, -0.2) is 0 Å². The van der Waals surface area contributed by atoms with Crippen molar-refractivity contribution in [1.82, 2.24) is 0 Å². The quantitative estimate of drug-likeness (QED) is 0.186. The Labute approximate surface area is 174 Å². The van der Waals surface area contributed by atoms with E-state index in [1.54, 1.807) is 0 Å². The Morgan fingerprint density at radius 2 is 1.18 bits per heavy atom. The highest BCUT2D eigenvalue weighted by Gasteiger charge is 2.22. The van der Waals surface area contributed by atoms with E-state index >= 15 is 0 Å². The molecule has 0 saturated carbocycles. The normalized spacial score (nSPS) is 15.1. The summed E-state index contributed by atoms with van der Waals surface area (Å²) in [4.78, 5) is 20.0. The third kappa shape index (κ3) is 24.1. The minimum Gasteiger partial charge on any atom is -0.756 e. The minimum atomic E-state index is -4.66. The maximum absolute atomic E-state index is 11.0. The second kappa shape index (κ2) is 17.9. The van der Waals surface area contributed by atoms with Gasteiger partial charge >= 0.3 is 0 Å². The van der Waals surface area contributed by atoms with Gasteiger partial charge in [-0.3, -0.25) is 4.57 Å². The maximum Gasteiger partial charge on any atom is 0.265 e. The van der Waals surface area contributed by atoms with Crippen molar-refractivity contribution in [2.75, 3.05) is 27.7 Å². The number of rotatable bonds is 19. The van der Waals surface area contributed by atoms with Gasteiger partial charge in [-0.15, -0.1) is 0 Å². The van der Waals surface area contributed by atoms with Gasteiger partial charge in [0.25, 0.3) is 7.82 Å². The molecule has 0 spiro atoms. The monoisotopic (exact) mass is 425 g/mol. The van der Waals surface area contributed by atoms with Crippen LogP contribution in [-0.2, 0) is 9.09 Å². The molecule has 0 aromatic carbocycles. The van der Waals surface area contributed by atoms with Crippen LogP contribution in [0, 0.1) is 0 Å². The summed E-state index contributed by atoms with van der Waals surface area (Å²) in [5.74, 6) is 0. The van der Waals surface area contributed by atoms with Crippen molar-refractivity contribution >= 4 is 7.82 Å². The van der Waals surface area contributed by atoms with Crippen LogP contribution >= 0.6 is 7.82 Å². The fourth-order valence-electron chi connectivity index (χ4n) is 3.54. The Morgan fingerprint density at radius 1 is 0.821 bits per heavy atom. The van der Waals surface area contributed by atoms with E-state index in [9.17, 15) is 9.46 Å². The molecule has 2 atom stereocenters. The van der Waals surface area contributed by atoms with Gasteiger partial charge in [0.15, 0.2) is 0 Å². The van der Waals surface area contributed by atoms with E-state index in [0.29, 0.717) is 17.4 Å². The fraction of sp³-hybridized carbons (Fsp3) is 1.00. The first-order valence-corrected chi connectivity index (χ1v) is 12.7. The van der Waals surface area contributed by atoms with Crippen LogP contribution in [0.3, 0.4) is 0 Å². The van der Waals surface area contributed by atoms with Crippen molar-refractivity contribution in [1.29, 1.82) is 0 Å². The smallest absolute Gasteiger partial charge is 0.265 e. The van der Waals surface area contributed by atoms with E-state index in [1.807, 2.05) is 21.1 Å². The average molecular weight is 426 g/mol. The molecule has 0 radical (unpaired) electrons. The van der Waals surface area contributed by atoms with Crippen LogP contribution in [0.2, 0.25) is 0 Å². The number of nitrogens with zero attached hydrogens (tertiary/aromatic N) is 1. The summed E-state index contributed by atoms with van der Waals surface area (Å²) < 4.78 is 16.5. The molecule has 0 saturated heterocycles. The van der Waals surface area contributed by atoms with Crippen LogP contribution in [0.4, 0.5) is 0 Å². The van der Waals surface area contributed by atoms with Crippen LogP contribution in [0.1, 0.15) is 103 Å². The van der Waals surface area contributed by atoms with Crippen LogP contribution in [0.25, 0.3) is 0 Å². The molecule has 2 unspecified atom stereocenters. The molecule has 172 valence electrons. The summed E-state index contributed by atoms with van der Waals surface area (Å²) in [6.07, 6.45) is 18.5. The van der Waals surface area contributed by atoms with Gasteiger partial charge in [0, 0.05) is 0 Å². The lowest BCUT2D eigenvalue weighted by molar-refractivity contribution is -0.873. The van der Waals surface area contributed by atoms with Crippen LogP contribution in [-0.4, -0.2) is 48.6 Å². The second-order valence-corrected chi connectivity index (χ2v) is 10.2. The molecule has 0 bridgehead atoms. The molecule has 0 aliphatic carbocycles. The summed E-state index contributed by atoms with van der Waals surface area (Å²) in [6, 6.07) is 0. The van der Waals surface area contributed by atoms with Crippen molar-refractivity contribution in [2.45, 2.75) is 109 Å². The number of quaternary nitrogens is 1. The lowest BCUT2D eigenvalue weighted by atomic mass is 10.0. The summed E-state index contributed by atoms with van der Waals surface area (Å²) in [6.45, 7) is 2.84. The highest BCUT2D eigenvalue weighted by atomic mass is 31.2. The van der Waals surface area contributed by atoms with Crippen molar-refractivity contribution in [2.24, 2.45) is 0 Å². The predicted octanol–water partition coefficient (Wildman–Crippen LogP) is 4.59. The molecule has 0 heterocycles. The van der Waals surface area contributed by atoms with Gasteiger partial charge in [0.2, 0.25) is 0 Å². The average Bonchev–Trinajstić information content (AvgIpc) is 2.52. The maximum atomic E-state index is 11.0. The van der Waals surface area contributed by atoms with E-state index in [0.717, 1.165) is 12.8 Å². The molecule has 7 heteroatoms. The molecular weight excluding hydrogens is 377 g/mol. The minimum absolute atomic E-state index is 0. The van der Waals surface area contributed by atoms with Crippen molar-refractivity contribution in [3.63, 3.8) is 0 Å². The topological polar surface area (TPSA) is 101 Å². The highest BCUT2D eigenvalue weighted by molar-refractivity contribution is 7.44. The van der Waals surface area contributed by atoms with Gasteiger partial charge in [-0.05, 0) is 6.42 Å². The molecule has 3 N–H and O–H groups in total. The highest BCUT2D eigenvalue weighted by Crippen LogP contribution is 2.34. The van der Waals surface area contributed by atoms with Crippen molar-refractivity contribution < 1.29 is 28.8 Å². The van der Waals surface area contributed by atoms with Crippen molar-refractivity contribution in [3.05, 3.63) is 0 Å². The van der Waals surface area contributed by atoms with E-state index in [4.69, 9.17) is 9.42 Å². The van der Waals surface area contributed by atoms with Gasteiger partial charge in [0.1, 0.15) is 12.6 Å². The molecule has 0 aliphatic heterocycles. The summed E-state index contributed by atoms with van der Waals surface area (Å²) in [5.41, 5.74) is 0. The fourth-order valence-corrected chi connectivity index (χ4v) is 4.09. The Bertz CT molecular complexity index is 381. The molecule has 6 nitrogen and oxygen atoms in total. The zero-order valence-corrected chi connectivity index (χ0v) is 19.9. The SMILES string of the molecule is CCCCCCCCCCCCCCCCC(C[N+](C)(C)C)OP(=O)([O-])O.O. The first-order chi connectivity index (χ1) is 12.6. The van der Waals surface area contributed by atoms with E-state index < -0.39 is 13.9 Å². The molecule has 28 heavy (non-hydrogen) atoms. The zero-order chi connectivity index (χ0) is 20.6. The molecular formula is C21H48NO5P. The summed E-state index contributed by atoms with van der Waals surface area (Å²) in [7, 11) is 1.33. The molecule has 0 aromatic heterocycles. The van der Waals surface area contributed by atoms with Crippen LogP contribution < -0.4 is 4.89 Å². The number of phosphoric ester groups is 1. The molecule has 0 rings (SSSR count). The van der Waals surface area contributed by atoms with Crippen LogP contribution in [0.5, 0.6) is 0 Å². The Balaban J connectivity index is 0. The Hall–Kier alpha value is 0.0300. The summed E-state index contributed by atoms with van der Waals surface area (Å²) in [5, 5.41) is 0. The lowest BCUT2D eigenvalue weighted by Crippen LogP contribution is -2.42. The lowest BCUT2D eigenvalue weighted by Gasteiger charge is -2.31. The van der Waals surface area contributed by atoms with Gasteiger partial charge in [-0.2, -0.15) is 0 Å². The molecule has 0 fully saturated rings. The molecule has 0 aliphatic rings. The van der Waals surface area contributed by atoms with Gasteiger partial charge < -0.3 is 24.3 Å². The second-order valence-electron chi connectivity index (χ2n) is 9.05. The molecule has 0 aromatic rings. The zero-order valence-electron chi connectivity index (χ0n) is 19.0. The van der Waals surface area contributed by atoms with E-state index in [2.05, 4.69) is 6.92 Å². The largest absolute Gasteiger partial charge is 0.756 e. The van der Waals surface area contributed by atoms with Gasteiger partial charge in [0.05, 0.1) is 21.1 Å². The van der Waals surface area contributed by atoms with Crippen LogP contribution in [0.15, 0.2) is 0 Å². The third-order valence-electron chi connectivity index (χ3n) is 4.91. The molecule has 0 amide bonds. The Kier molecular flexibility index (Phi) is 19.3. The number of phosphoric acid groups is 1. The predicted molar refractivity (Wildman–Crippen MR) is 116 cm³/mol. The third-order valence-corrected chi connectivity index (χ3v) is 5.48. The number of hydrogen-bond acceptors (Lipinski definition) is 3. The number of hydrogen-bond donors (Lipinski definition) is 1. The standard InChI is InChI=1S/C21H46NO4P.H2O/c1-5-6-7-8-9-10-11-12-13-14-15-16-17-18-19-21(20-22(2,3)4)26-27(23,24)25;/h21H,5-20H2,1-4H3,(H-,23,24,25);1H2. The van der Waals surface area contributed by atoms with E-state index in [1.165, 1.54) is 77.0 Å². The number of unbranched alkanes of at least 4 members (excludes halogenated alkanes) is 13. The van der Waals surface area contributed by atoms with E-state index in [-0.39, 0.29) is 5.48 Å². The van der Waals surface area contributed by atoms with Crippen molar-refractivity contribution in [3.8, 4) is 0 Å². The Morgan fingerprint density at radius 3 is 1.50 bits per heavy atom. The number of likely N-dealkylation sites (N-methyl/N-ethyl adjacent to an activating group) is 1. The first kappa shape index (κ1) is 30.2.